The van der Waals surface area contributed by atoms with Crippen LogP contribution in [0.1, 0.15) is 20.8 Å². The maximum Gasteiger partial charge on any atom is 0.318 e. The summed E-state index contributed by atoms with van der Waals surface area (Å²) in [6, 6.07) is 7.09. The van der Waals surface area contributed by atoms with Crippen molar-refractivity contribution in [3.8, 4) is 0 Å². The van der Waals surface area contributed by atoms with E-state index in [4.69, 9.17) is 10.2 Å². The van der Waals surface area contributed by atoms with Crippen LogP contribution in [0.4, 0.5) is 0 Å². The topological polar surface area (TPSA) is 74.6 Å². The highest BCUT2D eigenvalue weighted by molar-refractivity contribution is 9.12. The maximum absolute atomic E-state index is 11.0. The van der Waals surface area contributed by atoms with Crippen LogP contribution in [0.15, 0.2) is 24.3 Å². The molecular weight excluding hydrogens is 528 g/mol. The molecule has 4 unspecified atom stereocenters. The van der Waals surface area contributed by atoms with Gasteiger partial charge in [0, 0.05) is 0 Å². The van der Waals surface area contributed by atoms with Crippen molar-refractivity contribution in [2.24, 2.45) is 0 Å². The Hall–Kier alpha value is 0.0800. The normalized spacial score (nSPS) is 17.0. The number of benzene rings is 1. The number of carboxylic acids is 2. The third-order valence-electron chi connectivity index (χ3n) is 2.53. The van der Waals surface area contributed by atoms with Crippen LogP contribution < -0.4 is 0 Å². The highest BCUT2D eigenvalue weighted by Crippen LogP contribution is 2.36. The van der Waals surface area contributed by atoms with E-state index in [-0.39, 0.29) is 0 Å². The molecule has 0 amide bonds. The number of hydrogen-bond donors (Lipinski definition) is 2. The van der Waals surface area contributed by atoms with Crippen LogP contribution in [0, 0.1) is 0 Å². The summed E-state index contributed by atoms with van der Waals surface area (Å²) < 4.78 is 0. The van der Waals surface area contributed by atoms with Crippen molar-refractivity contribution in [1.82, 2.24) is 0 Å². The summed E-state index contributed by atoms with van der Waals surface area (Å²) in [6.45, 7) is 0. The van der Waals surface area contributed by atoms with E-state index in [9.17, 15) is 9.59 Å². The Balaban J connectivity index is 3.01. The van der Waals surface area contributed by atoms with Gasteiger partial charge in [-0.05, 0) is 11.1 Å². The lowest BCUT2D eigenvalue weighted by molar-refractivity contribution is -0.137. The van der Waals surface area contributed by atoms with Crippen LogP contribution in [0.2, 0.25) is 0 Å². The number of carbonyl (C=O) groups is 2. The van der Waals surface area contributed by atoms with Crippen molar-refractivity contribution in [3.05, 3.63) is 35.4 Å². The van der Waals surface area contributed by atoms with Crippen LogP contribution in [-0.4, -0.2) is 31.8 Å². The number of aliphatic carboxylic acids is 2. The van der Waals surface area contributed by atoms with Gasteiger partial charge in [0.25, 0.3) is 0 Å². The predicted molar refractivity (Wildman–Crippen MR) is 90.5 cm³/mol. The van der Waals surface area contributed by atoms with E-state index in [0.717, 1.165) is 11.1 Å². The number of rotatable bonds is 6. The Labute approximate surface area is 149 Å². The summed E-state index contributed by atoms with van der Waals surface area (Å²) in [7, 11) is 0. The molecule has 0 spiro atoms. The monoisotopic (exact) mass is 534 g/mol. The molecule has 0 saturated heterocycles. The fraction of sp³-hybridized carbons (Fsp3) is 0.333. The molecule has 2 N–H and O–H groups in total. The standard InChI is InChI=1S/C12H10Br4O4/c13-7(9(15)11(17)18)5-2-1-3-6(4-5)8(14)10(16)12(19)20/h1-4,7-10H,(H,17,18)(H,19,20). The molecule has 20 heavy (non-hydrogen) atoms. The van der Waals surface area contributed by atoms with Crippen molar-refractivity contribution in [2.45, 2.75) is 19.3 Å². The van der Waals surface area contributed by atoms with E-state index in [1.807, 2.05) is 0 Å². The Bertz CT molecular complexity index is 467. The minimum absolute atomic E-state index is 0.418. The van der Waals surface area contributed by atoms with Crippen molar-refractivity contribution >= 4 is 75.7 Å². The molecule has 1 rings (SSSR count). The molecule has 110 valence electrons. The Morgan fingerprint density at radius 1 is 0.850 bits per heavy atom. The maximum atomic E-state index is 11.0. The van der Waals surface area contributed by atoms with Gasteiger partial charge >= 0.3 is 11.9 Å². The molecule has 0 saturated carbocycles. The fourth-order valence-corrected chi connectivity index (χ4v) is 3.12. The van der Waals surface area contributed by atoms with Crippen molar-refractivity contribution in [3.63, 3.8) is 0 Å². The van der Waals surface area contributed by atoms with E-state index < -0.39 is 31.2 Å². The first-order valence-corrected chi connectivity index (χ1v) is 9.03. The molecule has 0 aromatic heterocycles. The van der Waals surface area contributed by atoms with Crippen molar-refractivity contribution in [1.29, 1.82) is 0 Å². The van der Waals surface area contributed by atoms with E-state index in [1.165, 1.54) is 0 Å². The van der Waals surface area contributed by atoms with Crippen LogP contribution in [0.25, 0.3) is 0 Å². The largest absolute Gasteiger partial charge is 0.480 e. The zero-order chi connectivity index (χ0) is 15.4. The van der Waals surface area contributed by atoms with Crippen LogP contribution in [0.3, 0.4) is 0 Å². The molecule has 0 aliphatic heterocycles. The van der Waals surface area contributed by atoms with Gasteiger partial charge in [-0.25, -0.2) is 0 Å². The molecule has 0 aliphatic rings. The lowest BCUT2D eigenvalue weighted by Gasteiger charge is -2.17. The second kappa shape index (κ2) is 7.91. The smallest absolute Gasteiger partial charge is 0.318 e. The molecular formula is C12H10Br4O4. The van der Waals surface area contributed by atoms with Gasteiger partial charge in [-0.3, -0.25) is 9.59 Å². The van der Waals surface area contributed by atoms with Crippen LogP contribution in [0.5, 0.6) is 0 Å². The van der Waals surface area contributed by atoms with Crippen LogP contribution >= 0.6 is 63.7 Å². The third-order valence-corrected chi connectivity index (χ3v) is 7.91. The average Bonchev–Trinajstić information content (AvgIpc) is 2.43. The number of halogens is 4. The molecule has 4 nitrogen and oxygen atoms in total. The minimum Gasteiger partial charge on any atom is -0.480 e. The second-order valence-corrected chi connectivity index (χ2v) is 7.90. The SMILES string of the molecule is O=C(O)C(Br)C(Br)c1cccc(C(Br)C(Br)C(=O)O)c1. The number of hydrogen-bond acceptors (Lipinski definition) is 2. The Kier molecular flexibility index (Phi) is 7.17. The van der Waals surface area contributed by atoms with E-state index in [1.54, 1.807) is 24.3 Å². The van der Waals surface area contributed by atoms with Crippen molar-refractivity contribution in [2.75, 3.05) is 0 Å². The van der Waals surface area contributed by atoms with Gasteiger partial charge in [0.1, 0.15) is 9.65 Å². The molecule has 0 heterocycles. The lowest BCUT2D eigenvalue weighted by atomic mass is 10.0. The minimum atomic E-state index is -0.975. The first kappa shape index (κ1) is 18.1. The summed E-state index contributed by atoms with van der Waals surface area (Å²) in [5.41, 5.74) is 1.50. The predicted octanol–water partition coefficient (Wildman–Crippen LogP) is 4.25. The lowest BCUT2D eigenvalue weighted by Crippen LogP contribution is -2.19. The highest BCUT2D eigenvalue weighted by atomic mass is 79.9. The van der Waals surface area contributed by atoms with Gasteiger partial charge in [-0.1, -0.05) is 88.0 Å². The van der Waals surface area contributed by atoms with Gasteiger partial charge in [-0.15, -0.1) is 0 Å². The summed E-state index contributed by atoms with van der Waals surface area (Å²) >= 11 is 12.9. The molecule has 1 aromatic rings. The number of carboxylic acid groups (broad SMARTS) is 2. The van der Waals surface area contributed by atoms with E-state index in [2.05, 4.69) is 63.7 Å². The van der Waals surface area contributed by atoms with E-state index >= 15 is 0 Å². The molecule has 0 fully saturated rings. The average molecular weight is 538 g/mol. The highest BCUT2D eigenvalue weighted by Gasteiger charge is 2.27. The molecule has 8 heteroatoms. The molecule has 4 atom stereocenters. The van der Waals surface area contributed by atoms with Gasteiger partial charge in [0.05, 0.1) is 9.65 Å². The Morgan fingerprint density at radius 2 is 1.20 bits per heavy atom. The first-order valence-electron chi connectivity index (χ1n) is 5.37. The fourth-order valence-electron chi connectivity index (χ4n) is 1.49. The molecule has 0 aliphatic carbocycles. The molecule has 1 aromatic carbocycles. The third kappa shape index (κ3) is 4.54. The molecule has 0 radical (unpaired) electrons. The summed E-state index contributed by atoms with van der Waals surface area (Å²) in [5, 5.41) is 18.0. The zero-order valence-corrected chi connectivity index (χ0v) is 16.2. The van der Waals surface area contributed by atoms with Gasteiger partial charge < -0.3 is 10.2 Å². The first-order chi connectivity index (χ1) is 9.25. The van der Waals surface area contributed by atoms with Gasteiger partial charge in [-0.2, -0.15) is 0 Å². The zero-order valence-electron chi connectivity index (χ0n) is 9.84. The quantitative estimate of drug-likeness (QED) is 0.532. The van der Waals surface area contributed by atoms with E-state index in [0.29, 0.717) is 0 Å². The second-order valence-electron chi connectivity index (χ2n) is 3.95. The van der Waals surface area contributed by atoms with Crippen molar-refractivity contribution < 1.29 is 19.8 Å². The summed E-state index contributed by atoms with van der Waals surface area (Å²) in [5.74, 6) is -1.95. The molecule has 0 bridgehead atoms. The van der Waals surface area contributed by atoms with Crippen LogP contribution in [-0.2, 0) is 9.59 Å². The summed E-state index contributed by atoms with van der Waals surface area (Å²) in [6.07, 6.45) is 0. The Morgan fingerprint density at radius 3 is 1.50 bits per heavy atom. The number of alkyl halides is 4. The summed E-state index contributed by atoms with van der Waals surface area (Å²) in [4.78, 5) is 19.5. The van der Waals surface area contributed by atoms with Gasteiger partial charge in [0.2, 0.25) is 0 Å². The van der Waals surface area contributed by atoms with Gasteiger partial charge in [0.15, 0.2) is 0 Å².